The van der Waals surface area contributed by atoms with Gasteiger partial charge in [-0.15, -0.1) is 0 Å². The molecular weight excluding hydrogens is 500 g/mol. The number of hydrogen-bond acceptors (Lipinski definition) is 9. The van der Waals surface area contributed by atoms with Crippen molar-refractivity contribution in [3.63, 3.8) is 0 Å². The van der Waals surface area contributed by atoms with Crippen LogP contribution in [-0.2, 0) is 23.9 Å². The number of thiol groups is 1. The van der Waals surface area contributed by atoms with Gasteiger partial charge in [0.05, 0.1) is 0 Å². The molecule has 0 saturated heterocycles. The van der Waals surface area contributed by atoms with Crippen molar-refractivity contribution in [2.24, 2.45) is 5.73 Å². The summed E-state index contributed by atoms with van der Waals surface area (Å²) in [4.78, 5) is 58.5. The van der Waals surface area contributed by atoms with Gasteiger partial charge < -0.3 is 26.2 Å². The molecule has 0 aliphatic rings. The van der Waals surface area contributed by atoms with Crippen LogP contribution in [0.3, 0.4) is 0 Å². The summed E-state index contributed by atoms with van der Waals surface area (Å²) in [5, 5.41) is 23.3. The van der Waals surface area contributed by atoms with Crippen molar-refractivity contribution in [2.45, 2.75) is 24.9 Å². The third-order valence-electron chi connectivity index (χ3n) is 3.78. The maximum absolute atomic E-state index is 12.1. The number of quaternary nitrogens is 1. The molecule has 0 saturated carbocycles. The molecule has 0 fully saturated rings. The lowest BCUT2D eigenvalue weighted by Crippen LogP contribution is -2.50. The predicted molar refractivity (Wildman–Crippen MR) is 114 cm³/mol. The first kappa shape index (κ1) is 26.5. The van der Waals surface area contributed by atoms with Gasteiger partial charge in [-0.2, -0.15) is 22.6 Å². The van der Waals surface area contributed by atoms with Crippen LogP contribution in [0.15, 0.2) is 30.3 Å². The van der Waals surface area contributed by atoms with Crippen molar-refractivity contribution in [1.29, 1.82) is 0 Å². The van der Waals surface area contributed by atoms with Gasteiger partial charge >= 0.3 is 18.0 Å². The number of carboxylic acids is 1. The van der Waals surface area contributed by atoms with Crippen molar-refractivity contribution in [1.82, 2.24) is 14.3 Å². The highest BCUT2D eigenvalue weighted by atomic mass is 79.9. The van der Waals surface area contributed by atoms with E-state index in [2.05, 4.69) is 44.1 Å². The van der Waals surface area contributed by atoms with Gasteiger partial charge in [-0.25, -0.2) is 4.79 Å². The minimum atomic E-state index is -1.53. The number of hydroxylamine groups is 1. The topological polar surface area (TPSA) is 185 Å². The number of benzene rings is 1. The van der Waals surface area contributed by atoms with Gasteiger partial charge in [0.25, 0.3) is 16.1 Å². The van der Waals surface area contributed by atoms with E-state index in [0.29, 0.717) is 0 Å². The molecule has 0 heterocycles. The SMILES string of the molecule is NC(CCC(=O)NC(CS)C(=O)NCC(=O)OC(=O)[N@@+](O)(Br)c1ccccc1)C(=O)O. The van der Waals surface area contributed by atoms with Crippen LogP contribution in [0.1, 0.15) is 12.8 Å². The summed E-state index contributed by atoms with van der Waals surface area (Å²) in [5.41, 5.74) is 5.37. The fourth-order valence-corrected chi connectivity index (χ4v) is 2.64. The average molecular weight is 522 g/mol. The largest absolute Gasteiger partial charge is 0.574 e. The van der Waals surface area contributed by atoms with Gasteiger partial charge in [-0.1, -0.05) is 18.2 Å². The van der Waals surface area contributed by atoms with Crippen LogP contribution in [0.2, 0.25) is 0 Å². The number of nitrogens with two attached hydrogens (primary N) is 1. The van der Waals surface area contributed by atoms with Crippen LogP contribution in [0.25, 0.3) is 0 Å². The molecule has 0 aliphatic carbocycles. The molecule has 14 heteroatoms. The molecule has 2 unspecified atom stereocenters. The Morgan fingerprint density at radius 3 is 2.35 bits per heavy atom. The van der Waals surface area contributed by atoms with Gasteiger partial charge in [-0.05, 0) is 6.42 Å². The molecule has 0 bridgehead atoms. The Kier molecular flexibility index (Phi) is 10.6. The Hall–Kier alpha value is -2.52. The summed E-state index contributed by atoms with van der Waals surface area (Å²) in [5.74, 6) is -3.97. The molecule has 3 amide bonds. The highest BCUT2D eigenvalue weighted by molar-refractivity contribution is 9.08. The first-order valence-corrected chi connectivity index (χ1v) is 10.1. The lowest BCUT2D eigenvalue weighted by Gasteiger charge is -2.17. The maximum atomic E-state index is 12.1. The fraction of sp³-hybridized carbons (Fsp3) is 0.353. The number of hydrogen-bond donors (Lipinski definition) is 6. The van der Waals surface area contributed by atoms with E-state index in [0.717, 1.165) is 0 Å². The van der Waals surface area contributed by atoms with E-state index in [9.17, 15) is 29.2 Å². The van der Waals surface area contributed by atoms with E-state index >= 15 is 0 Å². The summed E-state index contributed by atoms with van der Waals surface area (Å²) in [6.07, 6.45) is -1.73. The highest BCUT2D eigenvalue weighted by Gasteiger charge is 2.41. The van der Waals surface area contributed by atoms with Crippen LogP contribution in [0.4, 0.5) is 10.5 Å². The van der Waals surface area contributed by atoms with Crippen LogP contribution < -0.4 is 20.0 Å². The third-order valence-corrected chi connectivity index (χ3v) is 4.85. The number of carboxylic acid groups (broad SMARTS) is 1. The molecule has 6 N–H and O–H groups in total. The van der Waals surface area contributed by atoms with E-state index in [1.54, 1.807) is 18.2 Å². The summed E-state index contributed by atoms with van der Waals surface area (Å²) < 4.78 is 2.98. The van der Waals surface area contributed by atoms with Crippen LogP contribution in [0, 0.1) is 0 Å². The standard InChI is InChI=1S/C17H21BrN4O8S/c18-22(29,10-4-2-1-3-5-10)17(28)30-14(24)8-20-15(25)12(9-31)21-13(23)7-6-11(19)16(26)27/h1-5,11-12,29H,6-9,19H2,(H3-,20,21,23,25,26,27,31)/p+1/t11?,12?,22-/m1/s1. The van der Waals surface area contributed by atoms with Gasteiger partial charge in [-0.3, -0.25) is 14.4 Å². The van der Waals surface area contributed by atoms with E-state index in [-0.39, 0.29) is 24.3 Å². The van der Waals surface area contributed by atoms with E-state index in [1.807, 2.05) is 0 Å². The Bertz CT molecular complexity index is 824. The normalized spacial score (nSPS) is 14.5. The monoisotopic (exact) mass is 521 g/mol. The second-order valence-electron chi connectivity index (χ2n) is 6.14. The zero-order valence-electron chi connectivity index (χ0n) is 16.1. The number of halogens is 1. The van der Waals surface area contributed by atoms with Crippen molar-refractivity contribution in [3.8, 4) is 0 Å². The number of nitrogens with zero attached hydrogens (tertiary/aromatic N) is 1. The number of carbonyl (C=O) groups excluding carboxylic acids is 4. The smallest absolute Gasteiger partial charge is 0.480 e. The number of para-hydroxylation sites is 1. The minimum Gasteiger partial charge on any atom is -0.480 e. The van der Waals surface area contributed by atoms with Crippen molar-refractivity contribution >= 4 is 64.3 Å². The number of aliphatic carboxylic acids is 1. The highest BCUT2D eigenvalue weighted by Crippen LogP contribution is 2.26. The first-order valence-electron chi connectivity index (χ1n) is 8.77. The number of esters is 1. The lowest BCUT2D eigenvalue weighted by molar-refractivity contribution is -0.140. The van der Waals surface area contributed by atoms with E-state index < -0.39 is 52.1 Å². The maximum Gasteiger partial charge on any atom is 0.574 e. The molecule has 3 atom stereocenters. The Labute approximate surface area is 191 Å². The van der Waals surface area contributed by atoms with Gasteiger partial charge in [0.2, 0.25) is 11.8 Å². The number of ether oxygens (including phenoxy) is 1. The van der Waals surface area contributed by atoms with E-state index in [1.165, 1.54) is 12.1 Å². The average Bonchev–Trinajstić information content (AvgIpc) is 2.74. The third kappa shape index (κ3) is 8.63. The van der Waals surface area contributed by atoms with Crippen LogP contribution in [0.5, 0.6) is 0 Å². The zero-order chi connectivity index (χ0) is 23.6. The molecule has 0 spiro atoms. The molecule has 31 heavy (non-hydrogen) atoms. The van der Waals surface area contributed by atoms with Crippen molar-refractivity contribution in [3.05, 3.63) is 30.3 Å². The number of nitrogens with one attached hydrogen (secondary N) is 2. The predicted octanol–water partition coefficient (Wildman–Crippen LogP) is 0.0791. The fourth-order valence-electron chi connectivity index (χ4n) is 2.08. The number of amides is 3. The Morgan fingerprint density at radius 1 is 1.19 bits per heavy atom. The molecule has 0 aromatic heterocycles. The Balaban J connectivity index is 2.52. The lowest BCUT2D eigenvalue weighted by atomic mass is 10.1. The second-order valence-corrected chi connectivity index (χ2v) is 7.53. The second kappa shape index (κ2) is 12.4. The molecular formula is C17H22BrN4O8S+. The molecule has 170 valence electrons. The quantitative estimate of drug-likeness (QED) is 0.0618. The van der Waals surface area contributed by atoms with E-state index in [4.69, 9.17) is 10.8 Å². The molecule has 1 rings (SSSR count). The zero-order valence-corrected chi connectivity index (χ0v) is 18.5. The Morgan fingerprint density at radius 2 is 1.81 bits per heavy atom. The molecule has 0 radical (unpaired) electrons. The van der Waals surface area contributed by atoms with Crippen LogP contribution >= 0.6 is 28.8 Å². The van der Waals surface area contributed by atoms with Gasteiger partial charge in [0, 0.05) is 28.0 Å². The number of carbonyl (C=O) groups is 5. The summed E-state index contributed by atoms with van der Waals surface area (Å²) >= 11 is 6.68. The minimum absolute atomic E-state index is 0.0739. The molecule has 1 aromatic rings. The first-order chi connectivity index (χ1) is 14.5. The summed E-state index contributed by atoms with van der Waals surface area (Å²) in [7, 11) is 0. The summed E-state index contributed by atoms with van der Waals surface area (Å²) in [6, 6.07) is 5.22. The molecule has 0 aliphatic heterocycles. The molecule has 1 aromatic carbocycles. The van der Waals surface area contributed by atoms with Crippen molar-refractivity contribution in [2.75, 3.05) is 12.3 Å². The van der Waals surface area contributed by atoms with Gasteiger partial charge in [0.1, 0.15) is 18.6 Å². The van der Waals surface area contributed by atoms with Crippen LogP contribution in [-0.4, -0.2) is 64.5 Å². The van der Waals surface area contributed by atoms with Crippen molar-refractivity contribution < 1.29 is 39.0 Å². The van der Waals surface area contributed by atoms with Gasteiger partial charge in [0.15, 0.2) is 5.69 Å². The number of rotatable bonds is 10. The molecule has 12 nitrogen and oxygen atoms in total. The summed E-state index contributed by atoms with van der Waals surface area (Å²) in [6.45, 7) is -0.726.